The fourth-order valence-corrected chi connectivity index (χ4v) is 3.18. The highest BCUT2D eigenvalue weighted by atomic mass is 16.1. The van der Waals surface area contributed by atoms with Gasteiger partial charge in [-0.25, -0.2) is 0 Å². The van der Waals surface area contributed by atoms with Crippen LogP contribution in [0.4, 0.5) is 5.69 Å². The first-order valence-corrected chi connectivity index (χ1v) is 9.42. The smallest absolute Gasteiger partial charge is 0.224 e. The van der Waals surface area contributed by atoms with Crippen LogP contribution in [0.1, 0.15) is 87.8 Å². The van der Waals surface area contributed by atoms with E-state index in [1.54, 1.807) is 0 Å². The van der Waals surface area contributed by atoms with Crippen LogP contribution in [0.15, 0.2) is 12.1 Å². The summed E-state index contributed by atoms with van der Waals surface area (Å²) < 4.78 is 0. The van der Waals surface area contributed by atoms with Gasteiger partial charge in [-0.1, -0.05) is 76.0 Å². The molecular formula is C21H35NO. The first-order valence-electron chi connectivity index (χ1n) is 9.42. The third-order valence-electron chi connectivity index (χ3n) is 4.45. The van der Waals surface area contributed by atoms with E-state index in [1.807, 2.05) is 0 Å². The van der Waals surface area contributed by atoms with Crippen LogP contribution in [0, 0.1) is 20.8 Å². The zero-order valence-corrected chi connectivity index (χ0v) is 15.6. The van der Waals surface area contributed by atoms with Crippen LogP contribution in [0.5, 0.6) is 0 Å². The minimum absolute atomic E-state index is 0.156. The Hall–Kier alpha value is -1.31. The molecule has 130 valence electrons. The molecule has 1 aromatic rings. The van der Waals surface area contributed by atoms with Gasteiger partial charge in [0.25, 0.3) is 0 Å². The lowest BCUT2D eigenvalue weighted by molar-refractivity contribution is -0.116. The van der Waals surface area contributed by atoms with Crippen molar-refractivity contribution in [2.45, 2.75) is 91.9 Å². The summed E-state index contributed by atoms with van der Waals surface area (Å²) in [5.41, 5.74) is 4.55. The fraction of sp³-hybridized carbons (Fsp3) is 0.667. The number of unbranched alkanes of at least 4 members (excludes halogenated alkanes) is 8. The molecule has 0 fully saturated rings. The summed E-state index contributed by atoms with van der Waals surface area (Å²) in [4.78, 5) is 12.1. The van der Waals surface area contributed by atoms with Gasteiger partial charge in [0.05, 0.1) is 0 Å². The molecule has 1 rings (SSSR count). The number of aryl methyl sites for hydroxylation is 3. The Morgan fingerprint density at radius 1 is 0.826 bits per heavy atom. The maximum absolute atomic E-state index is 12.1. The lowest BCUT2D eigenvalue weighted by Crippen LogP contribution is -2.13. The molecule has 1 amide bonds. The molecule has 0 atom stereocenters. The third-order valence-corrected chi connectivity index (χ3v) is 4.45. The van der Waals surface area contributed by atoms with Crippen LogP contribution >= 0.6 is 0 Å². The Bertz CT molecular complexity index is 456. The van der Waals surface area contributed by atoms with E-state index in [9.17, 15) is 4.79 Å². The number of benzene rings is 1. The molecule has 0 spiro atoms. The highest BCUT2D eigenvalue weighted by molar-refractivity contribution is 5.92. The second kappa shape index (κ2) is 11.3. The minimum Gasteiger partial charge on any atom is -0.326 e. The first kappa shape index (κ1) is 19.7. The third kappa shape index (κ3) is 8.20. The summed E-state index contributed by atoms with van der Waals surface area (Å²) in [5, 5.41) is 3.09. The molecule has 23 heavy (non-hydrogen) atoms. The van der Waals surface area contributed by atoms with E-state index in [-0.39, 0.29) is 5.91 Å². The zero-order chi connectivity index (χ0) is 17.1. The number of amides is 1. The number of carbonyl (C=O) groups is 1. The van der Waals surface area contributed by atoms with Crippen LogP contribution < -0.4 is 5.32 Å². The molecule has 0 unspecified atom stereocenters. The van der Waals surface area contributed by atoms with E-state index >= 15 is 0 Å². The molecule has 0 aromatic heterocycles. The van der Waals surface area contributed by atoms with Gasteiger partial charge in [-0.05, 0) is 38.3 Å². The fourth-order valence-electron chi connectivity index (χ4n) is 3.18. The topological polar surface area (TPSA) is 29.1 Å². The van der Waals surface area contributed by atoms with E-state index in [4.69, 9.17) is 0 Å². The largest absolute Gasteiger partial charge is 0.326 e. The summed E-state index contributed by atoms with van der Waals surface area (Å²) in [5.74, 6) is 0.156. The number of nitrogens with one attached hydrogen (secondary N) is 1. The molecular weight excluding hydrogens is 282 g/mol. The Labute approximate surface area is 143 Å². The number of anilines is 1. The molecule has 0 aliphatic carbocycles. The van der Waals surface area contributed by atoms with Crippen molar-refractivity contribution in [2.75, 3.05) is 5.32 Å². The average Bonchev–Trinajstić information content (AvgIpc) is 2.49. The first-order chi connectivity index (χ1) is 11.0. The maximum Gasteiger partial charge on any atom is 0.224 e. The lowest BCUT2D eigenvalue weighted by atomic mass is 10.0. The van der Waals surface area contributed by atoms with E-state index in [2.05, 4.69) is 45.1 Å². The van der Waals surface area contributed by atoms with Crippen molar-refractivity contribution in [1.82, 2.24) is 0 Å². The van der Waals surface area contributed by atoms with Gasteiger partial charge in [-0.3, -0.25) is 4.79 Å². The van der Waals surface area contributed by atoms with Crippen molar-refractivity contribution >= 4 is 11.6 Å². The Morgan fingerprint density at radius 2 is 1.30 bits per heavy atom. The van der Waals surface area contributed by atoms with Crippen LogP contribution in [-0.4, -0.2) is 5.91 Å². The molecule has 2 heteroatoms. The highest BCUT2D eigenvalue weighted by Gasteiger charge is 2.08. The van der Waals surface area contributed by atoms with Crippen molar-refractivity contribution in [3.05, 3.63) is 28.8 Å². The van der Waals surface area contributed by atoms with E-state index in [1.165, 1.54) is 56.9 Å². The summed E-state index contributed by atoms with van der Waals surface area (Å²) in [6.07, 6.45) is 12.2. The summed E-state index contributed by atoms with van der Waals surface area (Å²) in [7, 11) is 0. The normalized spacial score (nSPS) is 10.8. The predicted octanol–water partition coefficient (Wildman–Crippen LogP) is 6.47. The molecule has 0 aliphatic rings. The van der Waals surface area contributed by atoms with Crippen molar-refractivity contribution in [3.63, 3.8) is 0 Å². The summed E-state index contributed by atoms with van der Waals surface area (Å²) in [6.45, 7) is 8.47. The Kier molecular flexibility index (Phi) is 9.66. The Balaban J connectivity index is 2.16. The molecule has 1 N–H and O–H groups in total. The van der Waals surface area contributed by atoms with E-state index in [0.29, 0.717) is 6.42 Å². The van der Waals surface area contributed by atoms with Crippen molar-refractivity contribution in [3.8, 4) is 0 Å². The molecule has 0 aliphatic heterocycles. The van der Waals surface area contributed by atoms with Crippen molar-refractivity contribution in [2.24, 2.45) is 0 Å². The van der Waals surface area contributed by atoms with Gasteiger partial charge in [0.1, 0.15) is 0 Å². The predicted molar refractivity (Wildman–Crippen MR) is 101 cm³/mol. The second-order valence-corrected chi connectivity index (χ2v) is 6.90. The number of hydrogen-bond donors (Lipinski definition) is 1. The molecule has 0 radical (unpaired) electrons. The second-order valence-electron chi connectivity index (χ2n) is 6.90. The number of rotatable bonds is 11. The molecule has 0 saturated heterocycles. The molecule has 0 bridgehead atoms. The quantitative estimate of drug-likeness (QED) is 0.465. The summed E-state index contributed by atoms with van der Waals surface area (Å²) >= 11 is 0. The van der Waals surface area contributed by atoms with Crippen molar-refractivity contribution < 1.29 is 4.79 Å². The highest BCUT2D eigenvalue weighted by Crippen LogP contribution is 2.22. The maximum atomic E-state index is 12.1. The van der Waals surface area contributed by atoms with Gasteiger partial charge in [-0.2, -0.15) is 0 Å². The van der Waals surface area contributed by atoms with Gasteiger partial charge >= 0.3 is 0 Å². The minimum atomic E-state index is 0.156. The van der Waals surface area contributed by atoms with Crippen molar-refractivity contribution in [1.29, 1.82) is 0 Å². The van der Waals surface area contributed by atoms with E-state index < -0.39 is 0 Å². The molecule has 0 heterocycles. The van der Waals surface area contributed by atoms with Gasteiger partial charge in [0.2, 0.25) is 5.91 Å². The number of carbonyl (C=O) groups excluding carboxylic acids is 1. The van der Waals surface area contributed by atoms with Gasteiger partial charge in [-0.15, -0.1) is 0 Å². The molecule has 0 saturated carbocycles. The Morgan fingerprint density at radius 3 is 1.83 bits per heavy atom. The van der Waals surface area contributed by atoms with Crippen LogP contribution in [0.2, 0.25) is 0 Å². The average molecular weight is 318 g/mol. The van der Waals surface area contributed by atoms with Crippen LogP contribution in [0.3, 0.4) is 0 Å². The lowest BCUT2D eigenvalue weighted by Gasteiger charge is -2.12. The molecule has 2 nitrogen and oxygen atoms in total. The van der Waals surface area contributed by atoms with Gasteiger partial charge < -0.3 is 5.32 Å². The van der Waals surface area contributed by atoms with Crippen LogP contribution in [0.25, 0.3) is 0 Å². The van der Waals surface area contributed by atoms with Gasteiger partial charge in [0, 0.05) is 12.1 Å². The SMILES string of the molecule is CCCCCCCCCCCC(=O)Nc1c(C)cc(C)cc1C. The standard InChI is InChI=1S/C21H35NO/c1-5-6-7-8-9-10-11-12-13-14-20(23)22-21-18(3)15-17(2)16-19(21)4/h15-16H,5-14H2,1-4H3,(H,22,23). The van der Waals surface area contributed by atoms with Crippen LogP contribution in [-0.2, 0) is 4.79 Å². The monoisotopic (exact) mass is 317 g/mol. The van der Waals surface area contributed by atoms with E-state index in [0.717, 1.165) is 23.2 Å². The number of hydrogen-bond acceptors (Lipinski definition) is 1. The summed E-state index contributed by atoms with van der Waals surface area (Å²) in [6, 6.07) is 4.25. The molecule has 1 aromatic carbocycles. The van der Waals surface area contributed by atoms with Gasteiger partial charge in [0.15, 0.2) is 0 Å². The zero-order valence-electron chi connectivity index (χ0n) is 15.6.